The van der Waals surface area contributed by atoms with E-state index in [4.69, 9.17) is 4.74 Å². The van der Waals surface area contributed by atoms with Crippen molar-refractivity contribution in [1.82, 2.24) is 14.6 Å². The van der Waals surface area contributed by atoms with E-state index in [9.17, 15) is 23.1 Å². The van der Waals surface area contributed by atoms with Gasteiger partial charge in [-0.2, -0.15) is 13.2 Å². The Morgan fingerprint density at radius 3 is 2.57 bits per heavy atom. The van der Waals surface area contributed by atoms with Gasteiger partial charge < -0.3 is 14.7 Å². The van der Waals surface area contributed by atoms with Crippen LogP contribution in [-0.2, 0) is 10.9 Å². The van der Waals surface area contributed by atoms with Gasteiger partial charge in [-0.15, -0.1) is 5.10 Å². The highest BCUT2D eigenvalue weighted by atomic mass is 19.4. The van der Waals surface area contributed by atoms with Gasteiger partial charge in [0, 0.05) is 24.7 Å². The number of aromatic carboxylic acids is 1. The number of nitrogens with zero attached hydrogens (tertiary/aromatic N) is 4. The molecular weight excluding hydrogens is 377 g/mol. The molecule has 3 aromatic rings. The number of imidazole rings is 1. The number of halogens is 3. The van der Waals surface area contributed by atoms with Crippen molar-refractivity contribution in [2.75, 3.05) is 31.2 Å². The van der Waals surface area contributed by atoms with Gasteiger partial charge in [0.15, 0.2) is 11.5 Å². The molecule has 0 saturated carbocycles. The van der Waals surface area contributed by atoms with E-state index in [1.165, 1.54) is 35.0 Å². The molecule has 1 aliphatic heterocycles. The number of carboxylic acids is 1. The van der Waals surface area contributed by atoms with E-state index in [1.54, 1.807) is 0 Å². The van der Waals surface area contributed by atoms with Crippen LogP contribution in [-0.4, -0.2) is 52.0 Å². The number of carbonyl (C=O) groups is 1. The fourth-order valence-electron chi connectivity index (χ4n) is 3.15. The first kappa shape index (κ1) is 18.2. The van der Waals surface area contributed by atoms with Gasteiger partial charge in [0.05, 0.1) is 30.7 Å². The molecule has 1 N–H and O–H groups in total. The molecule has 0 amide bonds. The van der Waals surface area contributed by atoms with Crippen molar-refractivity contribution in [2.24, 2.45) is 0 Å². The number of benzene rings is 1. The van der Waals surface area contributed by atoms with Gasteiger partial charge in [0.25, 0.3) is 0 Å². The molecule has 0 unspecified atom stereocenters. The molecule has 0 bridgehead atoms. The van der Waals surface area contributed by atoms with Gasteiger partial charge in [-0.25, -0.2) is 14.3 Å². The number of hydrogen-bond donors (Lipinski definition) is 1. The van der Waals surface area contributed by atoms with E-state index in [-0.39, 0.29) is 22.5 Å². The van der Waals surface area contributed by atoms with Gasteiger partial charge in [-0.3, -0.25) is 0 Å². The smallest absolute Gasteiger partial charge is 0.417 e. The van der Waals surface area contributed by atoms with Crippen LogP contribution < -0.4 is 4.90 Å². The van der Waals surface area contributed by atoms with Crippen molar-refractivity contribution in [3.8, 4) is 11.3 Å². The molecule has 7 nitrogen and oxygen atoms in total. The molecule has 0 atom stereocenters. The molecule has 10 heteroatoms. The van der Waals surface area contributed by atoms with Gasteiger partial charge in [-0.1, -0.05) is 18.2 Å². The van der Waals surface area contributed by atoms with E-state index in [2.05, 4.69) is 10.1 Å². The molecule has 0 radical (unpaired) electrons. The Bertz CT molecular complexity index is 1040. The van der Waals surface area contributed by atoms with Crippen molar-refractivity contribution >= 4 is 17.4 Å². The van der Waals surface area contributed by atoms with Crippen LogP contribution in [0.5, 0.6) is 0 Å². The third-order valence-electron chi connectivity index (χ3n) is 4.49. The van der Waals surface area contributed by atoms with Crippen LogP contribution in [0.2, 0.25) is 0 Å². The minimum atomic E-state index is -4.56. The highest BCUT2D eigenvalue weighted by Crippen LogP contribution is 2.36. The fraction of sp³-hybridized carbons (Fsp3) is 0.278. The largest absolute Gasteiger partial charge is 0.478 e. The molecule has 0 spiro atoms. The Hall–Kier alpha value is -3.14. The zero-order valence-corrected chi connectivity index (χ0v) is 14.5. The van der Waals surface area contributed by atoms with Crippen molar-refractivity contribution in [2.45, 2.75) is 6.18 Å². The summed E-state index contributed by atoms with van der Waals surface area (Å²) in [5.74, 6) is -0.829. The molecule has 28 heavy (non-hydrogen) atoms. The lowest BCUT2D eigenvalue weighted by atomic mass is 10.1. The molecule has 0 aliphatic carbocycles. The summed E-state index contributed by atoms with van der Waals surface area (Å²) < 4.78 is 46.5. The van der Waals surface area contributed by atoms with E-state index in [1.807, 2.05) is 4.90 Å². The SMILES string of the molecule is O=C(O)c1cc(N2CCOCC2)nn2cc(-c3ccccc3C(F)(F)F)nc12. The summed E-state index contributed by atoms with van der Waals surface area (Å²) in [4.78, 5) is 17.7. The first-order valence-electron chi connectivity index (χ1n) is 8.47. The summed E-state index contributed by atoms with van der Waals surface area (Å²) in [5, 5.41) is 13.9. The lowest BCUT2D eigenvalue weighted by molar-refractivity contribution is -0.137. The Balaban J connectivity index is 1.87. The van der Waals surface area contributed by atoms with Crippen LogP contribution in [0.1, 0.15) is 15.9 Å². The molecule has 1 fully saturated rings. The Labute approximate surface area is 157 Å². The number of alkyl halides is 3. The maximum absolute atomic E-state index is 13.3. The second kappa shape index (κ2) is 6.79. The van der Waals surface area contributed by atoms with E-state index in [0.717, 1.165) is 6.07 Å². The van der Waals surface area contributed by atoms with Gasteiger partial charge in [0.2, 0.25) is 0 Å². The maximum atomic E-state index is 13.3. The fourth-order valence-corrected chi connectivity index (χ4v) is 3.15. The number of anilines is 1. The van der Waals surface area contributed by atoms with Crippen LogP contribution in [0.4, 0.5) is 19.0 Å². The third-order valence-corrected chi connectivity index (χ3v) is 4.49. The first-order chi connectivity index (χ1) is 13.3. The standard InChI is InChI=1S/C18H15F3N4O3/c19-18(20,21)13-4-2-1-3-11(13)14-10-25-16(22-14)12(17(26)27)9-15(23-25)24-5-7-28-8-6-24/h1-4,9-10H,5-8H2,(H,26,27). The van der Waals surface area contributed by atoms with E-state index < -0.39 is 17.7 Å². The number of fused-ring (bicyclic) bond motifs is 1. The first-order valence-corrected chi connectivity index (χ1v) is 8.47. The average Bonchev–Trinajstić information content (AvgIpc) is 3.11. The Kier molecular flexibility index (Phi) is 4.42. The zero-order valence-electron chi connectivity index (χ0n) is 14.5. The van der Waals surface area contributed by atoms with Crippen LogP contribution >= 0.6 is 0 Å². The molecule has 2 aromatic heterocycles. The number of hydrogen-bond acceptors (Lipinski definition) is 5. The molecular formula is C18H15F3N4O3. The van der Waals surface area contributed by atoms with Crippen molar-refractivity contribution < 1.29 is 27.8 Å². The van der Waals surface area contributed by atoms with Gasteiger partial charge in [-0.05, 0) is 6.07 Å². The Morgan fingerprint density at radius 1 is 1.18 bits per heavy atom. The second-order valence-corrected chi connectivity index (χ2v) is 6.26. The lowest BCUT2D eigenvalue weighted by Crippen LogP contribution is -2.37. The Morgan fingerprint density at radius 2 is 1.89 bits per heavy atom. The third kappa shape index (κ3) is 3.26. The van der Waals surface area contributed by atoms with E-state index in [0.29, 0.717) is 32.1 Å². The van der Waals surface area contributed by atoms with Crippen LogP contribution in [0.25, 0.3) is 16.9 Å². The summed E-state index contributed by atoms with van der Waals surface area (Å²) in [7, 11) is 0. The average molecular weight is 392 g/mol. The summed E-state index contributed by atoms with van der Waals surface area (Å²) in [6, 6.07) is 6.41. The monoisotopic (exact) mass is 392 g/mol. The molecule has 1 aliphatic rings. The predicted octanol–water partition coefficient (Wildman–Crippen LogP) is 2.95. The summed E-state index contributed by atoms with van der Waals surface area (Å²) in [5.41, 5.74) is -1.13. The molecule has 1 aromatic carbocycles. The highest BCUT2D eigenvalue weighted by Gasteiger charge is 2.34. The minimum absolute atomic E-state index is 0.00190. The van der Waals surface area contributed by atoms with Gasteiger partial charge >= 0.3 is 12.1 Å². The molecule has 4 rings (SSSR count). The van der Waals surface area contributed by atoms with Crippen molar-refractivity contribution in [3.63, 3.8) is 0 Å². The molecule has 146 valence electrons. The van der Waals surface area contributed by atoms with Crippen molar-refractivity contribution in [1.29, 1.82) is 0 Å². The molecule has 1 saturated heterocycles. The van der Waals surface area contributed by atoms with Crippen LogP contribution in [0.15, 0.2) is 36.5 Å². The summed E-state index contributed by atoms with van der Waals surface area (Å²) in [6.07, 6.45) is -3.25. The maximum Gasteiger partial charge on any atom is 0.417 e. The molecule has 3 heterocycles. The number of morpholine rings is 1. The number of carboxylic acid groups (broad SMARTS) is 1. The van der Waals surface area contributed by atoms with Crippen LogP contribution in [0.3, 0.4) is 0 Å². The number of ether oxygens (including phenoxy) is 1. The number of aromatic nitrogens is 3. The zero-order chi connectivity index (χ0) is 19.9. The predicted molar refractivity (Wildman–Crippen MR) is 93.4 cm³/mol. The topological polar surface area (TPSA) is 80.0 Å². The normalized spacial score (nSPS) is 15.2. The lowest BCUT2D eigenvalue weighted by Gasteiger charge is -2.27. The highest BCUT2D eigenvalue weighted by molar-refractivity contribution is 5.95. The number of rotatable bonds is 3. The summed E-state index contributed by atoms with van der Waals surface area (Å²) >= 11 is 0. The minimum Gasteiger partial charge on any atom is -0.478 e. The second-order valence-electron chi connectivity index (χ2n) is 6.26. The van der Waals surface area contributed by atoms with Crippen LogP contribution in [0, 0.1) is 0 Å². The summed E-state index contributed by atoms with van der Waals surface area (Å²) in [6.45, 7) is 2.04. The van der Waals surface area contributed by atoms with E-state index >= 15 is 0 Å². The van der Waals surface area contributed by atoms with Gasteiger partial charge in [0.1, 0.15) is 5.56 Å². The van der Waals surface area contributed by atoms with Crippen molar-refractivity contribution in [3.05, 3.63) is 47.7 Å². The quantitative estimate of drug-likeness (QED) is 0.738.